The second kappa shape index (κ2) is 11.0. The maximum atomic E-state index is 4.79. The van der Waals surface area contributed by atoms with Gasteiger partial charge in [-0.3, -0.25) is 9.98 Å². The molecule has 0 radical (unpaired) electrons. The maximum absolute atomic E-state index is 4.79. The van der Waals surface area contributed by atoms with Crippen molar-refractivity contribution in [1.82, 2.24) is 0 Å². The van der Waals surface area contributed by atoms with Gasteiger partial charge in [0, 0.05) is 11.4 Å². The van der Waals surface area contributed by atoms with E-state index in [4.69, 9.17) is 9.98 Å². The number of hydrogen-bond donors (Lipinski definition) is 0. The fraction of sp³-hybridized carbons (Fsp3) is 0.118. The van der Waals surface area contributed by atoms with Crippen molar-refractivity contribution in [2.24, 2.45) is 9.98 Å². The van der Waals surface area contributed by atoms with Gasteiger partial charge in [-0.15, -0.1) is 94.6 Å². The zero-order chi connectivity index (χ0) is 24.6. The Balaban J connectivity index is 0.000000168. The van der Waals surface area contributed by atoms with E-state index in [-0.39, 0.29) is 51.0 Å². The number of benzene rings is 4. The molecule has 0 fully saturated rings. The summed E-state index contributed by atoms with van der Waals surface area (Å²) in [6.07, 6.45) is 0. The number of hydrogen-bond acceptors (Lipinski definition) is 2. The second-order valence-corrected chi connectivity index (χ2v) is 9.89. The van der Waals surface area contributed by atoms with Gasteiger partial charge in [0.05, 0.1) is 11.4 Å². The number of para-hydroxylation sites is 2. The summed E-state index contributed by atoms with van der Waals surface area (Å²) in [5, 5.41) is 0. The number of aryl methyl sites for hydroxylation is 2. The first kappa shape index (κ1) is 29.2. The van der Waals surface area contributed by atoms with Crippen molar-refractivity contribution in [3.8, 4) is 0 Å². The van der Waals surface area contributed by atoms with Crippen molar-refractivity contribution in [3.63, 3.8) is 0 Å². The van der Waals surface area contributed by atoms with E-state index in [0.717, 1.165) is 22.8 Å². The number of nitrogens with zero attached hydrogens (tertiary/aromatic N) is 2. The van der Waals surface area contributed by atoms with Crippen LogP contribution in [0.3, 0.4) is 0 Å². The molecule has 0 amide bonds. The number of aliphatic imine (C=N–C) groups is 2. The van der Waals surface area contributed by atoms with E-state index in [2.05, 4.69) is 100 Å². The van der Waals surface area contributed by atoms with E-state index >= 15 is 0 Å². The molecule has 5 heteroatoms. The molecule has 4 aliphatic rings. The zero-order valence-electron chi connectivity index (χ0n) is 22.1. The second-order valence-electron chi connectivity index (χ2n) is 9.89. The number of fused-ring (bicyclic) bond motifs is 10. The fourth-order valence-corrected chi connectivity index (χ4v) is 5.78. The molecule has 2 nitrogen and oxygen atoms in total. The van der Waals surface area contributed by atoms with Crippen molar-refractivity contribution in [2.75, 3.05) is 0 Å². The molecule has 0 saturated heterocycles. The van der Waals surface area contributed by atoms with Gasteiger partial charge in [0.1, 0.15) is 0 Å². The molecule has 8 rings (SSSR count). The minimum atomic E-state index is 0. The Bertz CT molecular complexity index is 1640. The maximum Gasteiger partial charge on any atom is 2.00 e. The predicted molar refractivity (Wildman–Crippen MR) is 165 cm³/mol. The molecule has 2 heterocycles. The van der Waals surface area contributed by atoms with Crippen LogP contribution in [-0.4, -0.2) is 11.4 Å². The van der Waals surface area contributed by atoms with E-state index in [1.165, 1.54) is 66.8 Å². The molecule has 190 valence electrons. The molecular formula is C34H26Cl2N2Zr. The van der Waals surface area contributed by atoms with Crippen LogP contribution in [0.1, 0.15) is 58.4 Å². The zero-order valence-corrected chi connectivity index (χ0v) is 26.2. The molecule has 0 N–H and O–H groups in total. The van der Waals surface area contributed by atoms with E-state index in [9.17, 15) is 0 Å². The smallest absolute Gasteiger partial charge is 0.258 e. The van der Waals surface area contributed by atoms with Crippen molar-refractivity contribution in [3.05, 3.63) is 129 Å². The predicted octanol–water partition coefficient (Wildman–Crippen LogP) is 9.19. The van der Waals surface area contributed by atoms with Crippen LogP contribution in [0.5, 0.6) is 0 Å². The molecule has 0 saturated carbocycles. The van der Waals surface area contributed by atoms with Gasteiger partial charge < -0.3 is 0 Å². The Morgan fingerprint density at radius 3 is 1.33 bits per heavy atom. The van der Waals surface area contributed by atoms with Crippen LogP contribution >= 0.6 is 24.8 Å². The third kappa shape index (κ3) is 4.46. The summed E-state index contributed by atoms with van der Waals surface area (Å²) in [6, 6.07) is 32.0. The summed E-state index contributed by atoms with van der Waals surface area (Å²) in [5.41, 5.74) is 19.5. The van der Waals surface area contributed by atoms with Gasteiger partial charge in [0.25, 0.3) is 0 Å². The summed E-state index contributed by atoms with van der Waals surface area (Å²) < 4.78 is 0. The van der Waals surface area contributed by atoms with E-state index in [1.807, 2.05) is 12.1 Å². The minimum Gasteiger partial charge on any atom is -0.258 e. The Morgan fingerprint density at radius 1 is 0.538 bits per heavy atom. The van der Waals surface area contributed by atoms with E-state index in [0.29, 0.717) is 0 Å². The van der Waals surface area contributed by atoms with Crippen molar-refractivity contribution < 1.29 is 26.2 Å². The van der Waals surface area contributed by atoms with Crippen molar-refractivity contribution in [1.29, 1.82) is 0 Å². The Kier molecular flexibility index (Phi) is 8.20. The van der Waals surface area contributed by atoms with Crippen LogP contribution in [0.25, 0.3) is 22.3 Å². The summed E-state index contributed by atoms with van der Waals surface area (Å²) in [4.78, 5) is 9.57. The normalized spacial score (nSPS) is 14.2. The summed E-state index contributed by atoms with van der Waals surface area (Å²) >= 11 is 0. The molecule has 0 aromatic heterocycles. The Labute approximate surface area is 261 Å². The van der Waals surface area contributed by atoms with Crippen LogP contribution in [0, 0.1) is 26.0 Å². The standard InChI is InChI=1S/2C17H12N.2ClH.Zr/c2*1-10-7-8-12-11(2)16-13-5-3-4-6-15(13)18-17(16)14(12)9-10;;;/h2*3-7,9H,1-2H3;2*1H;/q2*-1;;;+2. The first-order chi connectivity index (χ1) is 17.5. The molecular weight excluding hydrogens is 599 g/mol. The summed E-state index contributed by atoms with van der Waals surface area (Å²) in [6.45, 7) is 8.55. The van der Waals surface area contributed by atoms with E-state index in [1.54, 1.807) is 0 Å². The Morgan fingerprint density at radius 2 is 0.923 bits per heavy atom. The quantitative estimate of drug-likeness (QED) is 0.174. The minimum absolute atomic E-state index is 0. The molecule has 0 bridgehead atoms. The van der Waals surface area contributed by atoms with Gasteiger partial charge in [-0.25, -0.2) is 0 Å². The van der Waals surface area contributed by atoms with Gasteiger partial charge in [0.15, 0.2) is 0 Å². The topological polar surface area (TPSA) is 24.7 Å². The van der Waals surface area contributed by atoms with Gasteiger partial charge in [-0.2, -0.15) is 0 Å². The van der Waals surface area contributed by atoms with Crippen molar-refractivity contribution >= 4 is 69.9 Å². The van der Waals surface area contributed by atoms with Gasteiger partial charge >= 0.3 is 26.2 Å². The molecule has 2 aliphatic heterocycles. The monoisotopic (exact) mass is 622 g/mol. The number of halogens is 2. The fourth-order valence-electron chi connectivity index (χ4n) is 5.78. The first-order valence-corrected chi connectivity index (χ1v) is 12.4. The first-order valence-electron chi connectivity index (χ1n) is 12.4. The molecule has 0 unspecified atom stereocenters. The van der Waals surface area contributed by atoms with Crippen LogP contribution in [-0.2, 0) is 26.2 Å². The molecule has 4 aromatic rings. The molecule has 0 spiro atoms. The van der Waals surface area contributed by atoms with Crippen molar-refractivity contribution in [2.45, 2.75) is 27.7 Å². The van der Waals surface area contributed by atoms with Crippen LogP contribution in [0.4, 0.5) is 11.4 Å². The molecule has 4 aromatic carbocycles. The largest absolute Gasteiger partial charge is 2.00 e. The van der Waals surface area contributed by atoms with Gasteiger partial charge in [0.2, 0.25) is 0 Å². The molecule has 39 heavy (non-hydrogen) atoms. The van der Waals surface area contributed by atoms with Gasteiger partial charge in [-0.05, 0) is 34.4 Å². The molecule has 2 aliphatic carbocycles. The average Bonchev–Trinajstić information content (AvgIpc) is 3.59. The third-order valence-electron chi connectivity index (χ3n) is 7.47. The van der Waals surface area contributed by atoms with Crippen LogP contribution in [0.2, 0.25) is 0 Å². The van der Waals surface area contributed by atoms with Crippen LogP contribution in [0.15, 0.2) is 82.8 Å². The van der Waals surface area contributed by atoms with Gasteiger partial charge in [-0.1, -0.05) is 75.2 Å². The SMILES string of the molecule is CC1=C2C(=Nc3ccccc32)c2cc(C)c[c-]c21.CC1=C2C(=Nc3ccccc32)c2cc(C)c[c-]c21.Cl.Cl.[Zr+2]. The summed E-state index contributed by atoms with van der Waals surface area (Å²) in [7, 11) is 0. The summed E-state index contributed by atoms with van der Waals surface area (Å²) in [5.74, 6) is 0. The molecule has 0 atom stereocenters. The Hall–Kier alpha value is -2.84. The third-order valence-corrected chi connectivity index (χ3v) is 7.47. The van der Waals surface area contributed by atoms with Crippen LogP contribution < -0.4 is 0 Å². The number of rotatable bonds is 0. The van der Waals surface area contributed by atoms with E-state index < -0.39 is 0 Å². The number of allylic oxidation sites excluding steroid dienone is 4. The average molecular weight is 625 g/mol.